The molecule has 0 aliphatic carbocycles. The first-order valence-corrected chi connectivity index (χ1v) is 10.4. The zero-order chi connectivity index (χ0) is 21.3. The van der Waals surface area contributed by atoms with Gasteiger partial charge in [0.2, 0.25) is 15.8 Å². The zero-order valence-corrected chi connectivity index (χ0v) is 17.2. The average Bonchev–Trinajstić information content (AvgIpc) is 3.02. The van der Waals surface area contributed by atoms with Gasteiger partial charge in [-0.2, -0.15) is 0 Å². The fourth-order valence-electron chi connectivity index (χ4n) is 3.06. The molecule has 0 spiro atoms. The van der Waals surface area contributed by atoms with Gasteiger partial charge in [-0.3, -0.25) is 4.79 Å². The summed E-state index contributed by atoms with van der Waals surface area (Å²) in [5, 5.41) is 5.03. The molecule has 8 heteroatoms. The molecule has 0 bridgehead atoms. The van der Waals surface area contributed by atoms with Crippen molar-refractivity contribution in [1.29, 1.82) is 0 Å². The summed E-state index contributed by atoms with van der Waals surface area (Å²) < 4.78 is 38.7. The molecular weight excluding hydrogens is 393 g/mol. The Kier molecular flexibility index (Phi) is 5.59. The molecule has 0 saturated heterocycles. The number of halogens is 1. The second-order valence-corrected chi connectivity index (χ2v) is 8.58. The van der Waals surface area contributed by atoms with Crippen LogP contribution in [0.3, 0.4) is 0 Å². The Morgan fingerprint density at radius 1 is 1.07 bits per heavy atom. The fourth-order valence-corrected chi connectivity index (χ4v) is 3.59. The van der Waals surface area contributed by atoms with Crippen LogP contribution in [0, 0.1) is 5.82 Å². The van der Waals surface area contributed by atoms with Crippen molar-refractivity contribution in [3.05, 3.63) is 82.9 Å². The van der Waals surface area contributed by atoms with Crippen LogP contribution in [0.5, 0.6) is 0 Å². The van der Waals surface area contributed by atoms with E-state index in [1.807, 2.05) is 31.1 Å². The molecule has 152 valence electrons. The van der Waals surface area contributed by atoms with Gasteiger partial charge in [0.05, 0.1) is 10.6 Å². The second kappa shape index (κ2) is 7.81. The number of carbonyl (C=O) groups excluding carboxylic acids is 1. The Labute approximate surface area is 169 Å². The summed E-state index contributed by atoms with van der Waals surface area (Å²) in [6.45, 7) is 0. The van der Waals surface area contributed by atoms with Crippen molar-refractivity contribution in [3.8, 4) is 0 Å². The number of anilines is 1. The van der Waals surface area contributed by atoms with E-state index in [2.05, 4.69) is 0 Å². The van der Waals surface area contributed by atoms with Crippen molar-refractivity contribution in [1.82, 2.24) is 4.57 Å². The lowest BCUT2D eigenvalue weighted by Gasteiger charge is -2.13. The first-order valence-electron chi connectivity index (χ1n) is 8.86. The minimum Gasteiger partial charge on any atom is -0.378 e. The average molecular weight is 415 g/mol. The maximum atomic E-state index is 14.3. The molecule has 29 heavy (non-hydrogen) atoms. The van der Waals surface area contributed by atoms with Crippen LogP contribution in [-0.2, 0) is 23.5 Å². The Bertz CT molecular complexity index is 1170. The maximum Gasteiger partial charge on any atom is 0.238 e. The quantitative estimate of drug-likeness (QED) is 0.628. The minimum atomic E-state index is -3.96. The van der Waals surface area contributed by atoms with Gasteiger partial charge in [-0.1, -0.05) is 6.07 Å². The highest BCUT2D eigenvalue weighted by Gasteiger charge is 2.17. The van der Waals surface area contributed by atoms with Crippen LogP contribution < -0.4 is 10.0 Å². The molecule has 1 aromatic heterocycles. The number of benzene rings is 2. The van der Waals surface area contributed by atoms with Crippen molar-refractivity contribution in [2.75, 3.05) is 19.0 Å². The molecule has 0 atom stereocenters. The Balaban J connectivity index is 1.85. The van der Waals surface area contributed by atoms with E-state index >= 15 is 0 Å². The van der Waals surface area contributed by atoms with E-state index in [4.69, 9.17) is 5.14 Å². The molecule has 0 unspecified atom stereocenters. The summed E-state index contributed by atoms with van der Waals surface area (Å²) >= 11 is 0. The third-order valence-corrected chi connectivity index (χ3v) is 5.74. The van der Waals surface area contributed by atoms with Crippen LogP contribution in [0.1, 0.15) is 27.3 Å². The smallest absolute Gasteiger partial charge is 0.238 e. The van der Waals surface area contributed by atoms with E-state index < -0.39 is 15.8 Å². The van der Waals surface area contributed by atoms with Gasteiger partial charge in [-0.05, 0) is 54.1 Å². The largest absolute Gasteiger partial charge is 0.378 e. The lowest BCUT2D eigenvalue weighted by atomic mass is 10.1. The first kappa shape index (κ1) is 20.8. The molecule has 6 nitrogen and oxygen atoms in total. The molecule has 0 aliphatic rings. The Morgan fingerprint density at radius 3 is 2.28 bits per heavy atom. The molecular formula is C21H22FN3O3S. The number of hydrogen-bond acceptors (Lipinski definition) is 4. The molecule has 0 radical (unpaired) electrons. The Morgan fingerprint density at radius 2 is 1.72 bits per heavy atom. The number of hydrogen-bond donors (Lipinski definition) is 1. The number of nitrogens with two attached hydrogens (primary N) is 1. The van der Waals surface area contributed by atoms with E-state index in [1.54, 1.807) is 35.9 Å². The molecule has 0 amide bonds. The van der Waals surface area contributed by atoms with E-state index in [-0.39, 0.29) is 17.1 Å². The SMILES string of the molecule is CN(C)c1ccc(C(=O)c2ccc(Cc3ccc(S(N)(=O)=O)cc3F)n2C)cc1. The molecule has 2 N–H and O–H groups in total. The zero-order valence-electron chi connectivity index (χ0n) is 16.4. The van der Waals surface area contributed by atoms with E-state index in [9.17, 15) is 17.6 Å². The van der Waals surface area contributed by atoms with Crippen molar-refractivity contribution in [2.24, 2.45) is 12.2 Å². The predicted molar refractivity (Wildman–Crippen MR) is 110 cm³/mol. The predicted octanol–water partition coefficient (Wildman–Crippen LogP) is 2.70. The monoisotopic (exact) mass is 415 g/mol. The van der Waals surface area contributed by atoms with Crippen LogP contribution in [0.4, 0.5) is 10.1 Å². The Hall–Kier alpha value is -2.97. The van der Waals surface area contributed by atoms with Gasteiger partial charge in [0.25, 0.3) is 0 Å². The van der Waals surface area contributed by atoms with Gasteiger partial charge < -0.3 is 9.47 Å². The van der Waals surface area contributed by atoms with Gasteiger partial charge in [0.15, 0.2) is 0 Å². The molecule has 3 rings (SSSR count). The van der Waals surface area contributed by atoms with Crippen molar-refractivity contribution in [3.63, 3.8) is 0 Å². The van der Waals surface area contributed by atoms with E-state index in [1.165, 1.54) is 12.1 Å². The third kappa shape index (κ3) is 4.38. The summed E-state index contributed by atoms with van der Waals surface area (Å²) in [6.07, 6.45) is 0.208. The summed E-state index contributed by atoms with van der Waals surface area (Å²) in [6, 6.07) is 14.3. The number of sulfonamides is 1. The highest BCUT2D eigenvalue weighted by molar-refractivity contribution is 7.89. The number of ketones is 1. The molecule has 2 aromatic carbocycles. The number of aromatic nitrogens is 1. The van der Waals surface area contributed by atoms with Gasteiger partial charge in [0, 0.05) is 44.5 Å². The summed E-state index contributed by atoms with van der Waals surface area (Å²) in [5.41, 5.74) is 3.08. The fraction of sp³-hybridized carbons (Fsp3) is 0.190. The first-order chi connectivity index (χ1) is 13.6. The standard InChI is InChI=1S/C21H22FN3O3S/c1-24(2)16-7-4-14(5-8-16)21(26)20-11-9-17(25(20)3)12-15-6-10-18(13-19(15)22)29(23,27)28/h4-11,13H,12H2,1-3H3,(H2,23,27,28). The topological polar surface area (TPSA) is 85.4 Å². The minimum absolute atomic E-state index is 0.130. The van der Waals surface area contributed by atoms with Crippen molar-refractivity contribution >= 4 is 21.5 Å². The lowest BCUT2D eigenvalue weighted by Crippen LogP contribution is -2.13. The van der Waals surface area contributed by atoms with Crippen LogP contribution >= 0.6 is 0 Å². The number of primary sulfonamides is 1. The highest BCUT2D eigenvalue weighted by Crippen LogP contribution is 2.21. The van der Waals surface area contributed by atoms with Gasteiger partial charge in [-0.15, -0.1) is 0 Å². The van der Waals surface area contributed by atoms with Crippen LogP contribution in [0.2, 0.25) is 0 Å². The number of rotatable bonds is 6. The summed E-state index contributed by atoms with van der Waals surface area (Å²) in [4.78, 5) is 14.5. The third-order valence-electron chi connectivity index (χ3n) is 4.83. The van der Waals surface area contributed by atoms with Gasteiger partial charge in [0.1, 0.15) is 5.82 Å². The summed E-state index contributed by atoms with van der Waals surface area (Å²) in [5.74, 6) is -0.793. The molecule has 0 aliphatic heterocycles. The molecule has 3 aromatic rings. The van der Waals surface area contributed by atoms with Crippen molar-refractivity contribution < 1.29 is 17.6 Å². The summed E-state index contributed by atoms with van der Waals surface area (Å²) in [7, 11) is 1.63. The second-order valence-electron chi connectivity index (χ2n) is 7.01. The van der Waals surface area contributed by atoms with Crippen LogP contribution in [-0.4, -0.2) is 32.9 Å². The molecule has 0 saturated carbocycles. The molecule has 0 fully saturated rings. The number of nitrogens with zero attached hydrogens (tertiary/aromatic N) is 2. The lowest BCUT2D eigenvalue weighted by molar-refractivity contribution is 0.103. The van der Waals surface area contributed by atoms with Gasteiger partial charge >= 0.3 is 0 Å². The van der Waals surface area contributed by atoms with Gasteiger partial charge in [-0.25, -0.2) is 17.9 Å². The normalized spacial score (nSPS) is 11.5. The highest BCUT2D eigenvalue weighted by atomic mass is 32.2. The molecule has 1 heterocycles. The van der Waals surface area contributed by atoms with Crippen LogP contribution in [0.25, 0.3) is 0 Å². The van der Waals surface area contributed by atoms with Crippen LogP contribution in [0.15, 0.2) is 59.5 Å². The van der Waals surface area contributed by atoms with E-state index in [0.717, 1.165) is 17.4 Å². The maximum absolute atomic E-state index is 14.3. The van der Waals surface area contributed by atoms with Crippen molar-refractivity contribution in [2.45, 2.75) is 11.3 Å². The van der Waals surface area contributed by atoms with E-state index in [0.29, 0.717) is 16.8 Å². The number of carbonyl (C=O) groups is 1.